The molecule has 0 radical (unpaired) electrons. The zero-order valence-corrected chi connectivity index (χ0v) is 12.3. The second-order valence-electron chi connectivity index (χ2n) is 2.18. The van der Waals surface area contributed by atoms with Crippen LogP contribution in [0.3, 0.4) is 0 Å². The first-order chi connectivity index (χ1) is 6.18. The van der Waals surface area contributed by atoms with Crippen LogP contribution < -0.4 is 34.7 Å². The number of carboxylic acids is 1. The Morgan fingerprint density at radius 3 is 2.07 bits per heavy atom. The van der Waals surface area contributed by atoms with Gasteiger partial charge in [-0.15, -0.1) is 0 Å². The summed E-state index contributed by atoms with van der Waals surface area (Å²) in [7, 11) is 0. The maximum atomic E-state index is 10.1. The molecule has 0 heterocycles. The van der Waals surface area contributed by atoms with Crippen molar-refractivity contribution < 1.29 is 39.5 Å². The van der Waals surface area contributed by atoms with E-state index in [1.807, 2.05) is 13.8 Å². The van der Waals surface area contributed by atoms with Gasteiger partial charge in [-0.05, 0) is 17.7 Å². The molecule has 2 nitrogen and oxygen atoms in total. The number of aliphatic carboxylic acids is 1. The van der Waals surface area contributed by atoms with Gasteiger partial charge in [-0.1, -0.05) is 41.9 Å². The van der Waals surface area contributed by atoms with Gasteiger partial charge in [-0.2, -0.15) is 0 Å². The molecule has 1 aromatic rings. The fraction of sp³-hybridized carbons (Fsp3) is 0.300. The molecular formula is C10H12BrNaO2. The fourth-order valence-corrected chi connectivity index (χ4v) is 1.03. The maximum absolute atomic E-state index is 10.1. The van der Waals surface area contributed by atoms with Crippen LogP contribution in [0.5, 0.6) is 0 Å². The van der Waals surface area contributed by atoms with Gasteiger partial charge in [0.15, 0.2) is 0 Å². The Bertz CT molecular complexity index is 259. The molecule has 1 rings (SSSR count). The predicted molar refractivity (Wildman–Crippen MR) is 54.2 cm³/mol. The summed E-state index contributed by atoms with van der Waals surface area (Å²) in [5.74, 6) is -1.05. The first-order valence-corrected chi connectivity index (χ1v) is 4.92. The molecule has 4 heteroatoms. The van der Waals surface area contributed by atoms with E-state index < -0.39 is 5.97 Å². The Balaban J connectivity index is 0. The van der Waals surface area contributed by atoms with E-state index in [4.69, 9.17) is 0 Å². The molecule has 0 aliphatic carbocycles. The minimum atomic E-state index is -1.05. The first-order valence-electron chi connectivity index (χ1n) is 4.13. The summed E-state index contributed by atoms with van der Waals surface area (Å²) in [5, 5.41) is 10.1. The molecule has 0 spiro atoms. The van der Waals surface area contributed by atoms with Gasteiger partial charge in [-0.3, -0.25) is 0 Å². The average molecular weight is 267 g/mol. The van der Waals surface area contributed by atoms with Crippen LogP contribution in [0.25, 0.3) is 0 Å². The van der Waals surface area contributed by atoms with Gasteiger partial charge >= 0.3 is 29.6 Å². The van der Waals surface area contributed by atoms with E-state index in [1.54, 1.807) is 24.3 Å². The molecule has 0 N–H and O–H groups in total. The molecule has 0 aliphatic rings. The largest absolute Gasteiger partial charge is 1.00 e. The van der Waals surface area contributed by atoms with Crippen molar-refractivity contribution in [3.05, 3.63) is 34.3 Å². The number of hydrogen-bond acceptors (Lipinski definition) is 2. The smallest absolute Gasteiger partial charge is 0.550 e. The average Bonchev–Trinajstić information content (AvgIpc) is 2.12. The molecule has 0 unspecified atom stereocenters. The minimum Gasteiger partial charge on any atom is -0.550 e. The summed E-state index contributed by atoms with van der Waals surface area (Å²) in [4.78, 5) is 10.1. The van der Waals surface area contributed by atoms with Gasteiger partial charge in [-0.25, -0.2) is 0 Å². The van der Waals surface area contributed by atoms with E-state index in [0.717, 1.165) is 10.0 Å². The molecular weight excluding hydrogens is 255 g/mol. The Morgan fingerprint density at radius 1 is 1.29 bits per heavy atom. The van der Waals surface area contributed by atoms with Gasteiger partial charge in [0, 0.05) is 16.9 Å². The number of carboxylic acid groups (broad SMARTS) is 1. The van der Waals surface area contributed by atoms with Crippen molar-refractivity contribution in [2.24, 2.45) is 0 Å². The zero-order valence-electron chi connectivity index (χ0n) is 8.71. The predicted octanol–water partition coefficient (Wildman–Crippen LogP) is -1.23. The Morgan fingerprint density at radius 2 is 1.71 bits per heavy atom. The van der Waals surface area contributed by atoms with Crippen LogP contribution in [-0.2, 0) is 11.2 Å². The second-order valence-corrected chi connectivity index (χ2v) is 3.09. The summed E-state index contributed by atoms with van der Waals surface area (Å²) in [6.07, 6.45) is -0.0206. The molecule has 0 saturated heterocycles. The van der Waals surface area contributed by atoms with Crippen LogP contribution in [0, 0.1) is 0 Å². The molecule has 0 fully saturated rings. The topological polar surface area (TPSA) is 40.1 Å². The van der Waals surface area contributed by atoms with Crippen LogP contribution in [0.1, 0.15) is 19.4 Å². The van der Waals surface area contributed by atoms with Crippen molar-refractivity contribution in [3.8, 4) is 0 Å². The molecule has 0 amide bonds. The molecule has 0 atom stereocenters. The van der Waals surface area contributed by atoms with Gasteiger partial charge in [0.2, 0.25) is 0 Å². The normalized spacial score (nSPS) is 7.93. The van der Waals surface area contributed by atoms with Crippen LogP contribution in [0.2, 0.25) is 0 Å². The minimum absolute atomic E-state index is 0. The summed E-state index contributed by atoms with van der Waals surface area (Å²) < 4.78 is 0.944. The van der Waals surface area contributed by atoms with Gasteiger partial charge in [0.1, 0.15) is 0 Å². The summed E-state index contributed by atoms with van der Waals surface area (Å²) >= 11 is 3.25. The van der Waals surface area contributed by atoms with E-state index in [2.05, 4.69) is 15.9 Å². The van der Waals surface area contributed by atoms with Crippen molar-refractivity contribution in [1.29, 1.82) is 0 Å². The number of rotatable bonds is 2. The van der Waals surface area contributed by atoms with E-state index >= 15 is 0 Å². The molecule has 0 aliphatic heterocycles. The molecule has 0 bridgehead atoms. The summed E-state index contributed by atoms with van der Waals surface area (Å²) in [5.41, 5.74) is 0.758. The number of carbonyl (C=O) groups excluding carboxylic acids is 1. The van der Waals surface area contributed by atoms with Crippen LogP contribution >= 0.6 is 15.9 Å². The fourth-order valence-electron chi connectivity index (χ4n) is 0.769. The van der Waals surface area contributed by atoms with Crippen LogP contribution in [0.15, 0.2) is 28.7 Å². The molecule has 14 heavy (non-hydrogen) atoms. The molecule has 0 aromatic heterocycles. The van der Waals surface area contributed by atoms with Crippen molar-refractivity contribution in [2.75, 3.05) is 0 Å². The van der Waals surface area contributed by atoms with Gasteiger partial charge in [0.05, 0.1) is 0 Å². The number of hydrogen-bond donors (Lipinski definition) is 0. The third-order valence-electron chi connectivity index (χ3n) is 1.26. The molecule has 72 valence electrons. The first kappa shape index (κ1) is 16.6. The maximum Gasteiger partial charge on any atom is 1.00 e. The van der Waals surface area contributed by atoms with E-state index in [9.17, 15) is 9.90 Å². The quantitative estimate of drug-likeness (QED) is 0.630. The van der Waals surface area contributed by atoms with Gasteiger partial charge in [0.25, 0.3) is 0 Å². The van der Waals surface area contributed by atoms with Crippen molar-refractivity contribution >= 4 is 21.9 Å². The third-order valence-corrected chi connectivity index (χ3v) is 1.79. The SMILES string of the molecule is CC.O=C([O-])Cc1ccc(Br)cc1.[Na+]. The summed E-state index contributed by atoms with van der Waals surface area (Å²) in [6.45, 7) is 4.00. The van der Waals surface area contributed by atoms with Crippen LogP contribution in [-0.4, -0.2) is 5.97 Å². The number of halogens is 1. The second kappa shape index (κ2) is 9.71. The Hall–Kier alpha value is 0.170. The van der Waals surface area contributed by atoms with Gasteiger partial charge < -0.3 is 9.90 Å². The van der Waals surface area contributed by atoms with E-state index in [0.29, 0.717) is 0 Å². The standard InChI is InChI=1S/C8H7BrO2.C2H6.Na/c9-7-3-1-6(2-4-7)5-8(10)11;1-2;/h1-4H,5H2,(H,10,11);1-2H3;/q;;+1/p-1. The Kier molecular flexibility index (Phi) is 11.5. The van der Waals surface area contributed by atoms with Crippen molar-refractivity contribution in [1.82, 2.24) is 0 Å². The monoisotopic (exact) mass is 266 g/mol. The van der Waals surface area contributed by atoms with E-state index in [1.165, 1.54) is 0 Å². The molecule has 0 saturated carbocycles. The summed E-state index contributed by atoms with van der Waals surface area (Å²) in [6, 6.07) is 7.11. The Labute approximate surface area is 115 Å². The number of benzene rings is 1. The van der Waals surface area contributed by atoms with E-state index in [-0.39, 0.29) is 36.0 Å². The molecule has 1 aromatic carbocycles. The zero-order chi connectivity index (χ0) is 10.3. The van der Waals surface area contributed by atoms with Crippen molar-refractivity contribution in [3.63, 3.8) is 0 Å². The third kappa shape index (κ3) is 7.56. The number of carbonyl (C=O) groups is 1. The van der Waals surface area contributed by atoms with Crippen LogP contribution in [0.4, 0.5) is 0 Å². The van der Waals surface area contributed by atoms with Crippen molar-refractivity contribution in [2.45, 2.75) is 20.3 Å².